The summed E-state index contributed by atoms with van der Waals surface area (Å²) in [6.07, 6.45) is 6.02. The lowest BCUT2D eigenvalue weighted by atomic mass is 10.0. The minimum Gasteiger partial charge on any atom is -0.322 e. The van der Waals surface area contributed by atoms with E-state index in [0.29, 0.717) is 5.92 Å². The van der Waals surface area contributed by atoms with E-state index in [0.717, 1.165) is 22.0 Å². The molecule has 3 rings (SSSR count). The van der Waals surface area contributed by atoms with E-state index in [1.165, 1.54) is 19.3 Å². The summed E-state index contributed by atoms with van der Waals surface area (Å²) < 4.78 is 2.96. The minimum atomic E-state index is 0.169. The number of aromatic nitrogens is 2. The van der Waals surface area contributed by atoms with Crippen molar-refractivity contribution in [2.75, 3.05) is 0 Å². The molecule has 4 heteroatoms. The van der Waals surface area contributed by atoms with Crippen molar-refractivity contribution in [1.29, 1.82) is 0 Å². The van der Waals surface area contributed by atoms with Crippen molar-refractivity contribution in [3.05, 3.63) is 16.4 Å². The Bertz CT molecular complexity index is 358. The van der Waals surface area contributed by atoms with Gasteiger partial charge in [-0.1, -0.05) is 6.42 Å². The van der Waals surface area contributed by atoms with Crippen molar-refractivity contribution in [2.24, 2.45) is 30.5 Å². The summed E-state index contributed by atoms with van der Waals surface area (Å²) in [5.74, 6) is 2.52. The lowest BCUT2D eigenvalue weighted by molar-refractivity contribution is 0.474. The summed E-state index contributed by atoms with van der Waals surface area (Å²) in [5, 5.41) is 4.23. The summed E-state index contributed by atoms with van der Waals surface area (Å²) in [6, 6.07) is 0.169. The molecule has 2 aliphatic rings. The molecule has 2 aliphatic carbocycles. The highest BCUT2D eigenvalue weighted by Gasteiger charge is 2.55. The van der Waals surface area contributed by atoms with Crippen LogP contribution in [0.1, 0.15) is 31.0 Å². The molecule has 1 aromatic heterocycles. The van der Waals surface area contributed by atoms with E-state index in [4.69, 9.17) is 5.73 Å². The van der Waals surface area contributed by atoms with Crippen LogP contribution in [0.2, 0.25) is 0 Å². The number of nitrogens with two attached hydrogens (primary N) is 1. The van der Waals surface area contributed by atoms with Gasteiger partial charge in [0.15, 0.2) is 0 Å². The minimum absolute atomic E-state index is 0.169. The van der Waals surface area contributed by atoms with Gasteiger partial charge in [0, 0.05) is 7.05 Å². The molecule has 2 saturated carbocycles. The predicted octanol–water partition coefficient (Wildman–Crippen LogP) is 2.23. The van der Waals surface area contributed by atoms with Gasteiger partial charge in [-0.2, -0.15) is 5.10 Å². The van der Waals surface area contributed by atoms with Gasteiger partial charge >= 0.3 is 0 Å². The molecule has 3 atom stereocenters. The Balaban J connectivity index is 1.83. The molecule has 15 heavy (non-hydrogen) atoms. The standard InChI is InChI=1S/C11H16BrN3/c1-15-11(8(12)5-14-15)10(13)9-6-3-2-4-7(6)9/h5-7,9-10H,2-4,13H2,1H3. The highest BCUT2D eigenvalue weighted by Crippen LogP contribution is 2.61. The van der Waals surface area contributed by atoms with E-state index >= 15 is 0 Å². The van der Waals surface area contributed by atoms with Crippen LogP contribution in [-0.4, -0.2) is 9.78 Å². The molecule has 1 heterocycles. The third-order valence-corrected chi connectivity index (χ3v) is 4.75. The Kier molecular flexibility index (Phi) is 2.18. The van der Waals surface area contributed by atoms with Crippen molar-refractivity contribution in [3.8, 4) is 0 Å². The van der Waals surface area contributed by atoms with Gasteiger partial charge in [-0.15, -0.1) is 0 Å². The average Bonchev–Trinajstić information content (AvgIpc) is 2.58. The lowest BCUT2D eigenvalue weighted by Gasteiger charge is -2.14. The van der Waals surface area contributed by atoms with Crippen LogP contribution in [0.4, 0.5) is 0 Å². The van der Waals surface area contributed by atoms with Crippen LogP contribution >= 0.6 is 15.9 Å². The third kappa shape index (κ3) is 1.38. The average molecular weight is 270 g/mol. The van der Waals surface area contributed by atoms with Crippen molar-refractivity contribution in [2.45, 2.75) is 25.3 Å². The van der Waals surface area contributed by atoms with Crippen LogP contribution in [-0.2, 0) is 7.05 Å². The molecule has 2 fully saturated rings. The maximum atomic E-state index is 6.35. The van der Waals surface area contributed by atoms with E-state index in [2.05, 4.69) is 21.0 Å². The van der Waals surface area contributed by atoms with Crippen LogP contribution in [0.5, 0.6) is 0 Å². The zero-order chi connectivity index (χ0) is 10.6. The molecule has 0 aliphatic heterocycles. The number of halogens is 1. The first-order valence-corrected chi connectivity index (χ1v) is 6.42. The molecule has 3 nitrogen and oxygen atoms in total. The maximum absolute atomic E-state index is 6.35. The Hall–Kier alpha value is -0.350. The van der Waals surface area contributed by atoms with Gasteiger partial charge in [-0.05, 0) is 46.5 Å². The molecular weight excluding hydrogens is 254 g/mol. The number of hydrogen-bond donors (Lipinski definition) is 1. The first-order valence-electron chi connectivity index (χ1n) is 5.63. The third-order valence-electron chi connectivity index (χ3n) is 4.14. The van der Waals surface area contributed by atoms with Crippen LogP contribution in [0, 0.1) is 17.8 Å². The summed E-state index contributed by atoms with van der Waals surface area (Å²) in [7, 11) is 1.97. The van der Waals surface area contributed by atoms with Gasteiger partial charge in [0.25, 0.3) is 0 Å². The summed E-state index contributed by atoms with van der Waals surface area (Å²) in [4.78, 5) is 0. The van der Waals surface area contributed by atoms with Crippen LogP contribution in [0.3, 0.4) is 0 Å². The highest BCUT2D eigenvalue weighted by molar-refractivity contribution is 9.10. The van der Waals surface area contributed by atoms with E-state index in [-0.39, 0.29) is 6.04 Å². The summed E-state index contributed by atoms with van der Waals surface area (Å²) in [5.41, 5.74) is 7.51. The second-order valence-corrected chi connectivity index (χ2v) is 5.72. The summed E-state index contributed by atoms with van der Waals surface area (Å²) >= 11 is 3.53. The number of aryl methyl sites for hydroxylation is 1. The zero-order valence-corrected chi connectivity index (χ0v) is 10.4. The first kappa shape index (κ1) is 9.85. The van der Waals surface area contributed by atoms with Gasteiger partial charge in [-0.25, -0.2) is 0 Å². The Morgan fingerprint density at radius 2 is 2.20 bits per heavy atom. The van der Waals surface area contributed by atoms with E-state index in [9.17, 15) is 0 Å². The molecule has 0 radical (unpaired) electrons. The highest BCUT2D eigenvalue weighted by atomic mass is 79.9. The molecule has 0 aromatic carbocycles. The lowest BCUT2D eigenvalue weighted by Crippen LogP contribution is -2.19. The van der Waals surface area contributed by atoms with Crippen LogP contribution in [0.25, 0.3) is 0 Å². The number of fused-ring (bicyclic) bond motifs is 1. The van der Waals surface area contributed by atoms with Gasteiger partial charge in [-0.3, -0.25) is 4.68 Å². The molecule has 0 amide bonds. The van der Waals surface area contributed by atoms with Crippen molar-refractivity contribution < 1.29 is 0 Å². The van der Waals surface area contributed by atoms with E-state index < -0.39 is 0 Å². The number of nitrogens with zero attached hydrogens (tertiary/aromatic N) is 2. The number of hydrogen-bond acceptors (Lipinski definition) is 2. The predicted molar refractivity (Wildman–Crippen MR) is 62.2 cm³/mol. The van der Waals surface area contributed by atoms with Crippen molar-refractivity contribution in [1.82, 2.24) is 9.78 Å². The molecule has 82 valence electrons. The molecule has 3 unspecified atom stereocenters. The molecule has 0 saturated heterocycles. The Morgan fingerprint density at radius 3 is 2.73 bits per heavy atom. The van der Waals surface area contributed by atoms with Gasteiger partial charge < -0.3 is 5.73 Å². The fourth-order valence-corrected chi connectivity index (χ4v) is 4.00. The van der Waals surface area contributed by atoms with Crippen molar-refractivity contribution >= 4 is 15.9 Å². The molecular formula is C11H16BrN3. The fraction of sp³-hybridized carbons (Fsp3) is 0.727. The largest absolute Gasteiger partial charge is 0.322 e. The van der Waals surface area contributed by atoms with Crippen molar-refractivity contribution in [3.63, 3.8) is 0 Å². The maximum Gasteiger partial charge on any atom is 0.0693 e. The summed E-state index contributed by atoms with van der Waals surface area (Å²) in [6.45, 7) is 0. The van der Waals surface area contributed by atoms with Gasteiger partial charge in [0.1, 0.15) is 0 Å². The molecule has 1 aromatic rings. The van der Waals surface area contributed by atoms with E-state index in [1.54, 1.807) is 0 Å². The monoisotopic (exact) mass is 269 g/mol. The Morgan fingerprint density at radius 1 is 1.53 bits per heavy atom. The smallest absolute Gasteiger partial charge is 0.0693 e. The van der Waals surface area contributed by atoms with Crippen LogP contribution < -0.4 is 5.73 Å². The topological polar surface area (TPSA) is 43.8 Å². The quantitative estimate of drug-likeness (QED) is 0.895. The second-order valence-electron chi connectivity index (χ2n) is 4.86. The van der Waals surface area contributed by atoms with Gasteiger partial charge in [0.05, 0.1) is 22.4 Å². The second kappa shape index (κ2) is 3.32. The normalized spacial score (nSPS) is 35.3. The van der Waals surface area contributed by atoms with Gasteiger partial charge in [0.2, 0.25) is 0 Å². The molecule has 0 spiro atoms. The van der Waals surface area contributed by atoms with Crippen LogP contribution in [0.15, 0.2) is 10.7 Å². The van der Waals surface area contributed by atoms with E-state index in [1.807, 2.05) is 17.9 Å². The molecule has 0 bridgehead atoms. The zero-order valence-electron chi connectivity index (χ0n) is 8.86. The Labute approximate surface area is 98.2 Å². The SMILES string of the molecule is Cn1ncc(Br)c1C(N)C1C2CCCC21. The number of rotatable bonds is 2. The first-order chi connectivity index (χ1) is 7.20. The molecule has 2 N–H and O–H groups in total. The fourth-order valence-electron chi connectivity index (χ4n) is 3.39.